The second-order valence-corrected chi connectivity index (χ2v) is 10.9. The highest BCUT2D eigenvalue weighted by Crippen LogP contribution is 2.39. The van der Waals surface area contributed by atoms with Gasteiger partial charge in [0, 0.05) is 25.9 Å². The van der Waals surface area contributed by atoms with Crippen LogP contribution in [0.2, 0.25) is 0 Å². The SMILES string of the molecule is CC[C@H](C)[C@@H](C(=O)N[C@H]1CCc2cccc3c2N(C1=O)[C@H](C(=O)NCC1=CCN=N1)C3)N(C)C(=O)Cn1ccnc1. The maximum atomic E-state index is 14.1. The maximum Gasteiger partial charge on any atom is 0.250 e. The number of hydrogen-bond donors (Lipinski definition) is 2. The van der Waals surface area contributed by atoms with Crippen LogP contribution in [-0.4, -0.2) is 76.3 Å². The number of imidazole rings is 1. The summed E-state index contributed by atoms with van der Waals surface area (Å²) >= 11 is 0. The lowest BCUT2D eigenvalue weighted by atomic mass is 9.96. The summed E-state index contributed by atoms with van der Waals surface area (Å²) in [6, 6.07) is 3.51. The summed E-state index contributed by atoms with van der Waals surface area (Å²) in [5.41, 5.74) is 3.36. The van der Waals surface area contributed by atoms with Crippen LogP contribution < -0.4 is 15.5 Å². The lowest BCUT2D eigenvalue weighted by Crippen LogP contribution is -2.58. The highest BCUT2D eigenvalue weighted by atomic mass is 16.2. The molecule has 12 nitrogen and oxygen atoms in total. The van der Waals surface area contributed by atoms with Crippen molar-refractivity contribution in [2.24, 2.45) is 16.1 Å². The van der Waals surface area contributed by atoms with Crippen LogP contribution in [0.4, 0.5) is 5.69 Å². The van der Waals surface area contributed by atoms with Crippen LogP contribution in [0.25, 0.3) is 0 Å². The molecule has 41 heavy (non-hydrogen) atoms. The molecule has 4 atom stereocenters. The number of benzene rings is 1. The molecule has 3 aliphatic heterocycles. The van der Waals surface area contributed by atoms with Crippen LogP contribution >= 0.6 is 0 Å². The fourth-order valence-electron chi connectivity index (χ4n) is 5.80. The van der Waals surface area contributed by atoms with E-state index in [-0.39, 0.29) is 42.6 Å². The van der Waals surface area contributed by atoms with E-state index in [1.807, 2.05) is 38.1 Å². The normalized spacial score (nSPS) is 20.6. The van der Waals surface area contributed by atoms with Crippen LogP contribution in [0.5, 0.6) is 0 Å². The van der Waals surface area contributed by atoms with Gasteiger partial charge in [-0.1, -0.05) is 38.5 Å². The summed E-state index contributed by atoms with van der Waals surface area (Å²) < 4.78 is 1.65. The third-order valence-corrected chi connectivity index (χ3v) is 8.22. The van der Waals surface area contributed by atoms with Crippen molar-refractivity contribution in [1.82, 2.24) is 25.1 Å². The Morgan fingerprint density at radius 1 is 1.22 bits per heavy atom. The Hall–Kier alpha value is -4.35. The van der Waals surface area contributed by atoms with Gasteiger partial charge in [0.1, 0.15) is 24.7 Å². The van der Waals surface area contributed by atoms with E-state index in [0.717, 1.165) is 16.8 Å². The number of aromatic nitrogens is 2. The average molecular weight is 561 g/mol. The second-order valence-electron chi connectivity index (χ2n) is 10.9. The van der Waals surface area contributed by atoms with Crippen LogP contribution in [0, 0.1) is 5.92 Å². The lowest BCUT2D eigenvalue weighted by molar-refractivity contribution is -0.142. The number of amides is 4. The molecule has 3 aliphatic rings. The minimum atomic E-state index is -0.841. The molecule has 0 fully saturated rings. The zero-order valence-electron chi connectivity index (χ0n) is 23.6. The molecular weight excluding hydrogens is 524 g/mol. The molecule has 0 aliphatic carbocycles. The third kappa shape index (κ3) is 5.77. The van der Waals surface area contributed by atoms with Crippen molar-refractivity contribution >= 4 is 29.3 Å². The van der Waals surface area contributed by atoms with E-state index >= 15 is 0 Å². The van der Waals surface area contributed by atoms with Gasteiger partial charge >= 0.3 is 0 Å². The predicted molar refractivity (Wildman–Crippen MR) is 151 cm³/mol. The Labute approximate surface area is 238 Å². The standard InChI is InChI=1S/C29H36N8O4/c1-4-18(2)25(35(3)24(38)16-36-13-12-30-17-36)28(40)33-22-9-8-19-6-5-7-20-14-23(37(26(19)20)29(22)41)27(39)31-15-21-10-11-32-34-21/h5-7,10,12-13,17-18,22-23,25H,4,8-9,11,14-16H2,1-3H3,(H,31,39)(H,33,40)/t18-,22-,23-,25-/m0/s1. The number of anilines is 1. The zero-order chi connectivity index (χ0) is 29.1. The smallest absolute Gasteiger partial charge is 0.250 e. The minimum absolute atomic E-state index is 0.0556. The van der Waals surface area contributed by atoms with Gasteiger partial charge in [0.2, 0.25) is 23.6 Å². The van der Waals surface area contributed by atoms with Crippen molar-refractivity contribution in [3.05, 3.63) is 59.8 Å². The number of nitrogens with zero attached hydrogens (tertiary/aromatic N) is 6. The summed E-state index contributed by atoms with van der Waals surface area (Å²) in [5.74, 6) is -1.37. The summed E-state index contributed by atoms with van der Waals surface area (Å²) in [5, 5.41) is 13.8. The highest BCUT2D eigenvalue weighted by Gasteiger charge is 2.44. The molecule has 216 valence electrons. The van der Waals surface area contributed by atoms with E-state index in [1.165, 1.54) is 4.90 Å². The first kappa shape index (κ1) is 28.2. The van der Waals surface area contributed by atoms with E-state index < -0.39 is 18.1 Å². The lowest BCUT2D eigenvalue weighted by Gasteiger charge is -2.33. The molecular formula is C29H36N8O4. The third-order valence-electron chi connectivity index (χ3n) is 8.22. The van der Waals surface area contributed by atoms with Gasteiger partial charge in [0.15, 0.2) is 0 Å². The molecule has 12 heteroatoms. The number of azo groups is 1. The van der Waals surface area contributed by atoms with Crippen molar-refractivity contribution in [2.45, 2.75) is 64.2 Å². The van der Waals surface area contributed by atoms with E-state index in [2.05, 4.69) is 25.8 Å². The Bertz CT molecular complexity index is 1390. The molecule has 0 saturated carbocycles. The number of hydrogen-bond acceptors (Lipinski definition) is 7. The highest BCUT2D eigenvalue weighted by molar-refractivity contribution is 6.08. The van der Waals surface area contributed by atoms with Crippen LogP contribution in [0.15, 0.2) is 58.9 Å². The molecule has 5 rings (SSSR count). The summed E-state index contributed by atoms with van der Waals surface area (Å²) in [6.07, 6.45) is 8.70. The predicted octanol–water partition coefficient (Wildman–Crippen LogP) is 1.61. The first-order chi connectivity index (χ1) is 19.8. The first-order valence-corrected chi connectivity index (χ1v) is 14.1. The minimum Gasteiger partial charge on any atom is -0.349 e. The first-order valence-electron chi connectivity index (χ1n) is 14.1. The number of rotatable bonds is 10. The molecule has 0 spiro atoms. The number of aryl methyl sites for hydroxylation is 1. The van der Waals surface area contributed by atoms with Crippen molar-refractivity contribution in [3.63, 3.8) is 0 Å². The van der Waals surface area contributed by atoms with Gasteiger partial charge in [0.05, 0.1) is 30.8 Å². The van der Waals surface area contributed by atoms with Crippen molar-refractivity contribution in [3.8, 4) is 0 Å². The summed E-state index contributed by atoms with van der Waals surface area (Å²) in [7, 11) is 1.62. The second kappa shape index (κ2) is 12.0. The summed E-state index contributed by atoms with van der Waals surface area (Å²) in [6.45, 7) is 4.67. The van der Waals surface area contributed by atoms with E-state index in [1.54, 1.807) is 35.2 Å². The molecule has 2 aromatic rings. The molecule has 1 aromatic carbocycles. The molecule has 0 saturated heterocycles. The fraction of sp³-hybridized carbons (Fsp3) is 0.483. The van der Waals surface area contributed by atoms with Gasteiger partial charge in [-0.15, -0.1) is 0 Å². The quantitative estimate of drug-likeness (QED) is 0.454. The van der Waals surface area contributed by atoms with E-state index in [9.17, 15) is 19.2 Å². The zero-order valence-corrected chi connectivity index (χ0v) is 23.6. The van der Waals surface area contributed by atoms with Crippen LogP contribution in [0.1, 0.15) is 37.8 Å². The van der Waals surface area contributed by atoms with Gasteiger partial charge in [-0.3, -0.25) is 24.1 Å². The van der Waals surface area contributed by atoms with Crippen LogP contribution in [0.3, 0.4) is 0 Å². The largest absolute Gasteiger partial charge is 0.349 e. The van der Waals surface area contributed by atoms with E-state index in [0.29, 0.717) is 37.9 Å². The van der Waals surface area contributed by atoms with Gasteiger partial charge in [-0.25, -0.2) is 4.98 Å². The number of carbonyl (C=O) groups excluding carboxylic acids is 4. The molecule has 2 N–H and O–H groups in total. The monoisotopic (exact) mass is 560 g/mol. The van der Waals surface area contributed by atoms with Crippen molar-refractivity contribution < 1.29 is 19.2 Å². The topological polar surface area (TPSA) is 141 Å². The van der Waals surface area contributed by atoms with Gasteiger partial charge in [-0.05, 0) is 36.0 Å². The molecule has 1 aromatic heterocycles. The molecule has 0 unspecified atom stereocenters. The number of nitrogens with one attached hydrogen (secondary N) is 2. The Balaban J connectivity index is 1.34. The fourth-order valence-corrected chi connectivity index (χ4v) is 5.80. The number of para-hydroxylation sites is 1. The van der Waals surface area contributed by atoms with Gasteiger partial charge in [-0.2, -0.15) is 10.2 Å². The number of carbonyl (C=O) groups is 4. The Morgan fingerprint density at radius 3 is 2.73 bits per heavy atom. The Morgan fingerprint density at radius 2 is 2.02 bits per heavy atom. The molecule has 4 amide bonds. The maximum absolute atomic E-state index is 14.1. The molecule has 0 bridgehead atoms. The summed E-state index contributed by atoms with van der Waals surface area (Å²) in [4.78, 5) is 61.2. The number of likely N-dealkylation sites (N-methyl/N-ethyl adjacent to an activating group) is 1. The average Bonchev–Trinajstić information content (AvgIpc) is 3.73. The van der Waals surface area contributed by atoms with Crippen LogP contribution in [-0.2, 0) is 38.6 Å². The van der Waals surface area contributed by atoms with Crippen molar-refractivity contribution in [2.75, 3.05) is 25.0 Å². The van der Waals surface area contributed by atoms with E-state index in [4.69, 9.17) is 0 Å². The Kier molecular flexibility index (Phi) is 8.27. The van der Waals surface area contributed by atoms with Gasteiger partial charge < -0.3 is 20.1 Å². The molecule has 4 heterocycles. The van der Waals surface area contributed by atoms with Gasteiger partial charge in [0.25, 0.3) is 0 Å². The van der Waals surface area contributed by atoms with Crippen molar-refractivity contribution in [1.29, 1.82) is 0 Å². The molecule has 0 radical (unpaired) electrons.